The van der Waals surface area contributed by atoms with Crippen LogP contribution < -0.4 is 5.73 Å². The Balaban J connectivity index is 2.61. The highest BCUT2D eigenvalue weighted by molar-refractivity contribution is 5.97. The lowest BCUT2D eigenvalue weighted by Crippen LogP contribution is -2.20. The maximum atomic E-state index is 8.80. The van der Waals surface area contributed by atoms with Gasteiger partial charge in [-0.15, -0.1) is 0 Å². The molecular formula is C12H16N6O. The molecule has 0 fully saturated rings. The van der Waals surface area contributed by atoms with E-state index in [0.29, 0.717) is 11.5 Å². The van der Waals surface area contributed by atoms with Gasteiger partial charge in [0.1, 0.15) is 0 Å². The third-order valence-corrected chi connectivity index (χ3v) is 2.79. The van der Waals surface area contributed by atoms with Crippen molar-refractivity contribution < 1.29 is 5.21 Å². The molecule has 2 rings (SSSR count). The Morgan fingerprint density at radius 1 is 1.32 bits per heavy atom. The maximum Gasteiger partial charge on any atom is 0.192 e. The molecule has 2 aromatic rings. The summed E-state index contributed by atoms with van der Waals surface area (Å²) in [7, 11) is 0. The third kappa shape index (κ3) is 2.40. The molecule has 7 heteroatoms. The normalized spacial score (nSPS) is 11.8. The number of aromatic nitrogens is 4. The minimum Gasteiger partial charge on any atom is -0.409 e. The molecule has 0 bridgehead atoms. The van der Waals surface area contributed by atoms with E-state index < -0.39 is 0 Å². The first kappa shape index (κ1) is 13.0. The van der Waals surface area contributed by atoms with E-state index in [1.54, 1.807) is 10.9 Å². The first-order chi connectivity index (χ1) is 9.21. The molecule has 0 radical (unpaired) electrons. The van der Waals surface area contributed by atoms with Crippen LogP contribution in [0.4, 0.5) is 0 Å². The van der Waals surface area contributed by atoms with Crippen LogP contribution in [0, 0.1) is 0 Å². The van der Waals surface area contributed by atoms with Gasteiger partial charge in [0.05, 0.1) is 5.69 Å². The second-order valence-electron chi connectivity index (χ2n) is 3.96. The number of hydrogen-bond donors (Lipinski definition) is 2. The first-order valence-corrected chi connectivity index (χ1v) is 6.08. The Morgan fingerprint density at radius 2 is 2.05 bits per heavy atom. The summed E-state index contributed by atoms with van der Waals surface area (Å²) >= 11 is 0. The van der Waals surface area contributed by atoms with Gasteiger partial charge < -0.3 is 10.9 Å². The van der Waals surface area contributed by atoms with E-state index in [-0.39, 0.29) is 5.84 Å². The second-order valence-corrected chi connectivity index (χ2v) is 3.96. The van der Waals surface area contributed by atoms with Gasteiger partial charge in [-0.2, -0.15) is 5.10 Å². The number of nitrogens with two attached hydrogens (primary N) is 1. The molecule has 3 N–H and O–H groups in total. The van der Waals surface area contributed by atoms with Gasteiger partial charge in [0.25, 0.3) is 0 Å². The van der Waals surface area contributed by atoms with Gasteiger partial charge in [0, 0.05) is 18.1 Å². The van der Waals surface area contributed by atoms with Gasteiger partial charge in [-0.3, -0.25) is 0 Å². The van der Waals surface area contributed by atoms with Gasteiger partial charge in [0.2, 0.25) is 0 Å². The van der Waals surface area contributed by atoms with E-state index in [2.05, 4.69) is 20.2 Å². The van der Waals surface area contributed by atoms with Crippen LogP contribution in [0.3, 0.4) is 0 Å². The van der Waals surface area contributed by atoms with Crippen LogP contribution in [0.15, 0.2) is 23.6 Å². The van der Waals surface area contributed by atoms with Gasteiger partial charge in [-0.1, -0.05) is 19.0 Å². The van der Waals surface area contributed by atoms with Crippen LogP contribution >= 0.6 is 0 Å². The highest BCUT2D eigenvalue weighted by Crippen LogP contribution is 2.14. The average molecular weight is 260 g/mol. The largest absolute Gasteiger partial charge is 0.409 e. The zero-order chi connectivity index (χ0) is 13.8. The van der Waals surface area contributed by atoms with E-state index in [1.165, 1.54) is 6.20 Å². The van der Waals surface area contributed by atoms with Crippen LogP contribution in [0.25, 0.3) is 5.82 Å². The van der Waals surface area contributed by atoms with E-state index in [0.717, 1.165) is 24.2 Å². The van der Waals surface area contributed by atoms with Crippen molar-refractivity contribution >= 4 is 5.84 Å². The fourth-order valence-electron chi connectivity index (χ4n) is 1.80. The number of nitrogens with zero attached hydrogens (tertiary/aromatic N) is 5. The maximum absolute atomic E-state index is 8.80. The number of oxime groups is 1. The molecule has 0 spiro atoms. The lowest BCUT2D eigenvalue weighted by Gasteiger charge is -2.08. The number of rotatable bonds is 4. The molecule has 0 amide bonds. The van der Waals surface area contributed by atoms with Crippen molar-refractivity contribution in [1.29, 1.82) is 0 Å². The molecule has 0 saturated heterocycles. The molecular weight excluding hydrogens is 244 g/mol. The Labute approximate surface area is 110 Å². The highest BCUT2D eigenvalue weighted by atomic mass is 16.4. The van der Waals surface area contributed by atoms with Crippen molar-refractivity contribution in [2.75, 3.05) is 0 Å². The monoisotopic (exact) mass is 260 g/mol. The van der Waals surface area contributed by atoms with Crippen molar-refractivity contribution in [2.24, 2.45) is 10.9 Å². The lowest BCUT2D eigenvalue weighted by molar-refractivity contribution is 0.318. The van der Waals surface area contributed by atoms with Crippen LogP contribution in [-0.4, -0.2) is 30.8 Å². The van der Waals surface area contributed by atoms with Crippen molar-refractivity contribution in [3.05, 3.63) is 35.5 Å². The molecule has 0 aromatic carbocycles. The molecule has 7 nitrogen and oxygen atoms in total. The highest BCUT2D eigenvalue weighted by Gasteiger charge is 2.16. The summed E-state index contributed by atoms with van der Waals surface area (Å²) in [6.45, 7) is 4.07. The Morgan fingerprint density at radius 3 is 2.68 bits per heavy atom. The molecule has 0 aliphatic heterocycles. The van der Waals surface area contributed by atoms with E-state index in [1.807, 2.05) is 19.9 Å². The van der Waals surface area contributed by atoms with E-state index in [9.17, 15) is 0 Å². The first-order valence-electron chi connectivity index (χ1n) is 6.08. The molecule has 0 aliphatic carbocycles. The molecule has 0 saturated carbocycles. The van der Waals surface area contributed by atoms with Crippen molar-refractivity contribution in [1.82, 2.24) is 19.7 Å². The van der Waals surface area contributed by atoms with E-state index in [4.69, 9.17) is 10.9 Å². The topological polar surface area (TPSA) is 102 Å². The molecule has 19 heavy (non-hydrogen) atoms. The predicted octanol–water partition coefficient (Wildman–Crippen LogP) is 0.882. The Bertz CT molecular complexity index is 604. The van der Waals surface area contributed by atoms with Crippen LogP contribution in [0.2, 0.25) is 0 Å². The minimum absolute atomic E-state index is 0.0845. The van der Waals surface area contributed by atoms with E-state index >= 15 is 0 Å². The lowest BCUT2D eigenvalue weighted by atomic mass is 10.2. The van der Waals surface area contributed by atoms with Gasteiger partial charge in [-0.05, 0) is 18.9 Å². The molecule has 0 unspecified atom stereocenters. The van der Waals surface area contributed by atoms with Gasteiger partial charge >= 0.3 is 0 Å². The summed E-state index contributed by atoms with van der Waals surface area (Å²) in [5.41, 5.74) is 7.90. The summed E-state index contributed by atoms with van der Waals surface area (Å²) < 4.78 is 1.69. The van der Waals surface area contributed by atoms with Crippen LogP contribution in [0.1, 0.15) is 30.9 Å². The summed E-state index contributed by atoms with van der Waals surface area (Å²) in [5.74, 6) is 0.382. The minimum atomic E-state index is -0.0845. The van der Waals surface area contributed by atoms with Crippen molar-refractivity contribution in [3.8, 4) is 5.82 Å². The van der Waals surface area contributed by atoms with Crippen molar-refractivity contribution in [2.45, 2.75) is 26.7 Å². The summed E-state index contributed by atoms with van der Waals surface area (Å²) in [6.07, 6.45) is 4.68. The second kappa shape index (κ2) is 5.47. The third-order valence-electron chi connectivity index (χ3n) is 2.79. The molecule has 2 heterocycles. The van der Waals surface area contributed by atoms with Crippen LogP contribution in [0.5, 0.6) is 0 Å². The molecule has 0 atom stereocenters. The number of amidine groups is 1. The molecule has 2 aromatic heterocycles. The standard InChI is InChI=1S/C12H16N6O/c1-3-8-7-9(4-2)18(16-8)12-10(11(13)17-19)14-5-6-15-12/h5-7,19H,3-4H2,1-2H3,(H2,13,17). The van der Waals surface area contributed by atoms with Gasteiger partial charge in [-0.25, -0.2) is 14.6 Å². The summed E-state index contributed by atoms with van der Waals surface area (Å²) in [5, 5.41) is 16.3. The molecule has 100 valence electrons. The zero-order valence-corrected chi connectivity index (χ0v) is 10.9. The fourth-order valence-corrected chi connectivity index (χ4v) is 1.80. The summed E-state index contributed by atoms with van der Waals surface area (Å²) in [4.78, 5) is 8.34. The Kier molecular flexibility index (Phi) is 3.74. The number of hydrogen-bond acceptors (Lipinski definition) is 5. The number of aryl methyl sites for hydroxylation is 2. The summed E-state index contributed by atoms with van der Waals surface area (Å²) in [6, 6.07) is 2.02. The quantitative estimate of drug-likeness (QED) is 0.368. The molecule has 0 aliphatic rings. The van der Waals surface area contributed by atoms with Gasteiger partial charge in [0.15, 0.2) is 17.3 Å². The predicted molar refractivity (Wildman–Crippen MR) is 70.4 cm³/mol. The Hall–Kier alpha value is -2.44. The SMILES string of the molecule is CCc1cc(CC)n(-c2nccnc2/C(N)=N/O)n1. The average Bonchev–Trinajstić information content (AvgIpc) is 2.89. The van der Waals surface area contributed by atoms with Crippen LogP contribution in [-0.2, 0) is 12.8 Å². The zero-order valence-electron chi connectivity index (χ0n) is 10.9. The smallest absolute Gasteiger partial charge is 0.192 e. The van der Waals surface area contributed by atoms with Crippen molar-refractivity contribution in [3.63, 3.8) is 0 Å². The fraction of sp³-hybridized carbons (Fsp3) is 0.333.